The normalized spacial score (nSPS) is 14.0. The number of nitrogen functional groups attached to an aromatic ring is 1. The van der Waals surface area contributed by atoms with Crippen molar-refractivity contribution in [3.63, 3.8) is 0 Å². The zero-order chi connectivity index (χ0) is 20.3. The highest BCUT2D eigenvalue weighted by Crippen LogP contribution is 2.28. The minimum Gasteiger partial charge on any atom is -0.493 e. The Morgan fingerprint density at radius 1 is 0.857 bits per heavy atom. The number of carbonyl (C=O) groups is 2. The Bertz CT molecular complexity index is 889. The number of methoxy groups -OCH3 is 2. The maximum absolute atomic E-state index is 12.8. The molecule has 0 atom stereocenters. The van der Waals surface area contributed by atoms with E-state index < -0.39 is 0 Å². The molecule has 0 radical (unpaired) electrons. The third-order valence-electron chi connectivity index (χ3n) is 4.98. The first-order valence-electron chi connectivity index (χ1n) is 9.11. The molecule has 2 N–H and O–H groups in total. The minimum atomic E-state index is -0.0896. The molecule has 0 aliphatic carbocycles. The van der Waals surface area contributed by atoms with Crippen molar-refractivity contribution in [2.75, 3.05) is 46.1 Å². The van der Waals surface area contributed by atoms with Gasteiger partial charge in [-0.25, -0.2) is 0 Å². The number of amides is 2. The van der Waals surface area contributed by atoms with E-state index in [4.69, 9.17) is 15.2 Å². The number of benzene rings is 2. The summed E-state index contributed by atoms with van der Waals surface area (Å²) in [5.41, 5.74) is 8.42. The zero-order valence-electron chi connectivity index (χ0n) is 16.4. The summed E-state index contributed by atoms with van der Waals surface area (Å²) in [6, 6.07) is 10.4. The molecule has 1 aliphatic heterocycles. The number of hydrogen-bond acceptors (Lipinski definition) is 5. The third-order valence-corrected chi connectivity index (χ3v) is 4.98. The van der Waals surface area contributed by atoms with Gasteiger partial charge in [0.15, 0.2) is 11.5 Å². The molecule has 1 saturated heterocycles. The van der Waals surface area contributed by atoms with Crippen molar-refractivity contribution in [3.05, 3.63) is 53.1 Å². The van der Waals surface area contributed by atoms with E-state index in [1.165, 1.54) is 7.11 Å². The van der Waals surface area contributed by atoms with E-state index in [1.807, 2.05) is 13.0 Å². The molecule has 0 spiro atoms. The molecule has 2 aromatic rings. The summed E-state index contributed by atoms with van der Waals surface area (Å²) in [5.74, 6) is 0.947. The van der Waals surface area contributed by atoms with E-state index in [9.17, 15) is 9.59 Å². The van der Waals surface area contributed by atoms with Crippen LogP contribution in [0.3, 0.4) is 0 Å². The van der Waals surface area contributed by atoms with Crippen LogP contribution in [0.1, 0.15) is 26.3 Å². The van der Waals surface area contributed by atoms with Gasteiger partial charge in [-0.15, -0.1) is 0 Å². The molecular weight excluding hydrogens is 358 g/mol. The standard InChI is InChI=1S/C21H25N3O4/c1-14-4-6-16(22)13-17(14)21(26)24-10-8-23(9-11-24)20(25)15-5-7-18(27-2)19(12-15)28-3/h4-7,12-13H,8-11,22H2,1-3H3. The lowest BCUT2D eigenvalue weighted by atomic mass is 10.1. The van der Waals surface area contributed by atoms with Crippen molar-refractivity contribution in [2.24, 2.45) is 0 Å². The summed E-state index contributed by atoms with van der Waals surface area (Å²) in [6.07, 6.45) is 0. The van der Waals surface area contributed by atoms with Crippen LogP contribution in [0.15, 0.2) is 36.4 Å². The molecule has 7 nitrogen and oxygen atoms in total. The van der Waals surface area contributed by atoms with Gasteiger partial charge in [-0.3, -0.25) is 9.59 Å². The van der Waals surface area contributed by atoms with E-state index in [-0.39, 0.29) is 11.8 Å². The number of nitrogens with zero attached hydrogens (tertiary/aromatic N) is 2. The van der Waals surface area contributed by atoms with Crippen molar-refractivity contribution in [3.8, 4) is 11.5 Å². The molecule has 3 rings (SSSR count). The van der Waals surface area contributed by atoms with Gasteiger partial charge in [-0.05, 0) is 42.8 Å². The lowest BCUT2D eigenvalue weighted by Crippen LogP contribution is -2.50. The number of aryl methyl sites for hydroxylation is 1. The van der Waals surface area contributed by atoms with Crippen molar-refractivity contribution in [1.82, 2.24) is 9.80 Å². The average Bonchev–Trinajstić information content (AvgIpc) is 2.74. The fourth-order valence-corrected chi connectivity index (χ4v) is 3.30. The Hall–Kier alpha value is -3.22. The number of piperazine rings is 1. The Morgan fingerprint density at radius 3 is 2.07 bits per heavy atom. The Kier molecular flexibility index (Phi) is 5.73. The summed E-state index contributed by atoms with van der Waals surface area (Å²) in [7, 11) is 3.09. The number of rotatable bonds is 4. The first kappa shape index (κ1) is 19.5. The van der Waals surface area contributed by atoms with Gasteiger partial charge in [0, 0.05) is 43.0 Å². The van der Waals surface area contributed by atoms with Gasteiger partial charge < -0.3 is 25.0 Å². The predicted molar refractivity (Wildman–Crippen MR) is 107 cm³/mol. The highest BCUT2D eigenvalue weighted by atomic mass is 16.5. The second-order valence-corrected chi connectivity index (χ2v) is 6.73. The van der Waals surface area contributed by atoms with Crippen LogP contribution in [0, 0.1) is 6.92 Å². The number of anilines is 1. The van der Waals surface area contributed by atoms with Crippen molar-refractivity contribution < 1.29 is 19.1 Å². The molecule has 2 amide bonds. The zero-order valence-corrected chi connectivity index (χ0v) is 16.4. The smallest absolute Gasteiger partial charge is 0.254 e. The van der Waals surface area contributed by atoms with Gasteiger partial charge >= 0.3 is 0 Å². The summed E-state index contributed by atoms with van der Waals surface area (Å²) in [4.78, 5) is 29.1. The van der Waals surface area contributed by atoms with E-state index in [1.54, 1.807) is 47.2 Å². The molecule has 0 aromatic heterocycles. The van der Waals surface area contributed by atoms with Crippen LogP contribution in [0.5, 0.6) is 11.5 Å². The summed E-state index contributed by atoms with van der Waals surface area (Å²) in [5, 5.41) is 0. The Morgan fingerprint density at radius 2 is 1.46 bits per heavy atom. The van der Waals surface area contributed by atoms with Crippen LogP contribution in [-0.2, 0) is 0 Å². The number of ether oxygens (including phenoxy) is 2. The summed E-state index contributed by atoms with van der Waals surface area (Å²) >= 11 is 0. The van der Waals surface area contributed by atoms with E-state index in [0.29, 0.717) is 54.5 Å². The molecule has 7 heteroatoms. The highest BCUT2D eigenvalue weighted by molar-refractivity contribution is 5.97. The van der Waals surface area contributed by atoms with Crippen LogP contribution >= 0.6 is 0 Å². The van der Waals surface area contributed by atoms with Gasteiger partial charge in [0.1, 0.15) is 0 Å². The second-order valence-electron chi connectivity index (χ2n) is 6.73. The fourth-order valence-electron chi connectivity index (χ4n) is 3.30. The largest absolute Gasteiger partial charge is 0.493 e. The SMILES string of the molecule is COc1ccc(C(=O)N2CCN(C(=O)c3cc(N)ccc3C)CC2)cc1OC. The number of hydrogen-bond donors (Lipinski definition) is 1. The molecule has 1 heterocycles. The van der Waals surface area contributed by atoms with Crippen LogP contribution < -0.4 is 15.2 Å². The maximum atomic E-state index is 12.8. The fraction of sp³-hybridized carbons (Fsp3) is 0.333. The van der Waals surface area contributed by atoms with Gasteiger partial charge in [0.2, 0.25) is 0 Å². The van der Waals surface area contributed by atoms with E-state index in [2.05, 4.69) is 0 Å². The molecule has 0 saturated carbocycles. The highest BCUT2D eigenvalue weighted by Gasteiger charge is 2.26. The molecule has 0 bridgehead atoms. The molecular formula is C21H25N3O4. The Labute approximate surface area is 164 Å². The predicted octanol–water partition coefficient (Wildman–Crippen LogP) is 2.19. The molecule has 1 aliphatic rings. The third kappa shape index (κ3) is 3.88. The van der Waals surface area contributed by atoms with Crippen LogP contribution in [0.25, 0.3) is 0 Å². The first-order valence-corrected chi connectivity index (χ1v) is 9.11. The molecule has 1 fully saturated rings. The molecule has 0 unspecified atom stereocenters. The summed E-state index contributed by atoms with van der Waals surface area (Å²) < 4.78 is 10.5. The second kappa shape index (κ2) is 8.21. The van der Waals surface area contributed by atoms with Crippen LogP contribution in [-0.4, -0.2) is 62.0 Å². The quantitative estimate of drug-likeness (QED) is 0.818. The molecule has 2 aromatic carbocycles. The molecule has 28 heavy (non-hydrogen) atoms. The van der Waals surface area contributed by atoms with Crippen molar-refractivity contribution >= 4 is 17.5 Å². The van der Waals surface area contributed by atoms with E-state index >= 15 is 0 Å². The van der Waals surface area contributed by atoms with Gasteiger partial charge in [0.25, 0.3) is 11.8 Å². The van der Waals surface area contributed by atoms with Crippen LogP contribution in [0.2, 0.25) is 0 Å². The average molecular weight is 383 g/mol. The molecule has 148 valence electrons. The van der Waals surface area contributed by atoms with Gasteiger partial charge in [-0.2, -0.15) is 0 Å². The van der Waals surface area contributed by atoms with E-state index in [0.717, 1.165) is 5.56 Å². The van der Waals surface area contributed by atoms with Gasteiger partial charge in [-0.1, -0.05) is 6.07 Å². The van der Waals surface area contributed by atoms with Gasteiger partial charge in [0.05, 0.1) is 14.2 Å². The lowest BCUT2D eigenvalue weighted by Gasteiger charge is -2.35. The lowest BCUT2D eigenvalue weighted by molar-refractivity contribution is 0.0535. The van der Waals surface area contributed by atoms with Crippen LogP contribution in [0.4, 0.5) is 5.69 Å². The van der Waals surface area contributed by atoms with Crippen molar-refractivity contribution in [1.29, 1.82) is 0 Å². The number of nitrogens with two attached hydrogens (primary N) is 1. The van der Waals surface area contributed by atoms with Crippen molar-refractivity contribution in [2.45, 2.75) is 6.92 Å². The monoisotopic (exact) mass is 383 g/mol. The Balaban J connectivity index is 1.67. The minimum absolute atomic E-state index is 0.0528. The topological polar surface area (TPSA) is 85.1 Å². The summed E-state index contributed by atoms with van der Waals surface area (Å²) in [6.45, 7) is 3.79. The maximum Gasteiger partial charge on any atom is 0.254 e. The first-order chi connectivity index (χ1) is 13.4. The number of carbonyl (C=O) groups excluding carboxylic acids is 2.